The van der Waals surface area contributed by atoms with Gasteiger partial charge in [0.1, 0.15) is 0 Å². The number of hydrogen-bond donors (Lipinski definition) is 2. The van der Waals surface area contributed by atoms with Crippen LogP contribution < -0.4 is 10.6 Å². The molecule has 0 unspecified atom stereocenters. The van der Waals surface area contributed by atoms with Crippen molar-refractivity contribution in [3.63, 3.8) is 0 Å². The topological polar surface area (TPSA) is 67.1 Å². The van der Waals surface area contributed by atoms with Crippen LogP contribution in [0.3, 0.4) is 0 Å². The molecule has 0 saturated heterocycles. The third kappa shape index (κ3) is 4.91. The fourth-order valence-electron chi connectivity index (χ4n) is 2.43. The molecule has 6 heteroatoms. The van der Waals surface area contributed by atoms with E-state index in [9.17, 15) is 0 Å². The van der Waals surface area contributed by atoms with Gasteiger partial charge in [-0.3, -0.25) is 9.98 Å². The van der Waals surface area contributed by atoms with Gasteiger partial charge in [-0.05, 0) is 24.3 Å². The number of aromatic nitrogens is 3. The third-order valence-corrected chi connectivity index (χ3v) is 3.74. The summed E-state index contributed by atoms with van der Waals surface area (Å²) in [5, 5.41) is 11.0. The van der Waals surface area contributed by atoms with E-state index < -0.39 is 0 Å². The predicted octanol–water partition coefficient (Wildman–Crippen LogP) is 2.17. The van der Waals surface area contributed by atoms with Gasteiger partial charge in [-0.2, -0.15) is 5.10 Å². The van der Waals surface area contributed by atoms with E-state index in [4.69, 9.17) is 0 Å². The number of nitrogens with one attached hydrogen (secondary N) is 2. The Kier molecular flexibility index (Phi) is 5.77. The summed E-state index contributed by atoms with van der Waals surface area (Å²) < 4.78 is 1.87. The zero-order chi connectivity index (χ0) is 17.3. The molecule has 0 bridgehead atoms. The molecule has 0 spiro atoms. The van der Waals surface area contributed by atoms with E-state index in [-0.39, 0.29) is 0 Å². The van der Waals surface area contributed by atoms with Crippen molar-refractivity contribution in [2.24, 2.45) is 4.99 Å². The minimum atomic E-state index is 0.663. The molecule has 128 valence electrons. The van der Waals surface area contributed by atoms with Gasteiger partial charge in [0, 0.05) is 50.2 Å². The minimum Gasteiger partial charge on any atom is -0.356 e. The maximum atomic E-state index is 4.40. The summed E-state index contributed by atoms with van der Waals surface area (Å²) in [6.07, 6.45) is 6.55. The highest BCUT2D eigenvalue weighted by Crippen LogP contribution is 2.07. The molecule has 0 aliphatic rings. The predicted molar refractivity (Wildman–Crippen MR) is 99.7 cm³/mol. The molecule has 0 radical (unpaired) electrons. The number of aliphatic imine (C=N–C) groups is 1. The Bertz CT molecular complexity index is 795. The van der Waals surface area contributed by atoms with Crippen molar-refractivity contribution in [2.75, 3.05) is 13.6 Å². The molecular weight excluding hydrogens is 312 g/mol. The van der Waals surface area contributed by atoms with E-state index in [0.717, 1.165) is 35.9 Å². The summed E-state index contributed by atoms with van der Waals surface area (Å²) in [5.74, 6) is 0.767. The quantitative estimate of drug-likeness (QED) is 0.536. The van der Waals surface area contributed by atoms with Crippen LogP contribution >= 0.6 is 0 Å². The van der Waals surface area contributed by atoms with E-state index in [0.29, 0.717) is 6.54 Å². The van der Waals surface area contributed by atoms with Crippen LogP contribution in [-0.2, 0) is 13.0 Å². The molecule has 0 amide bonds. The second kappa shape index (κ2) is 8.63. The van der Waals surface area contributed by atoms with E-state index >= 15 is 0 Å². The van der Waals surface area contributed by atoms with Crippen LogP contribution in [0.2, 0.25) is 0 Å². The number of nitrogens with zero attached hydrogens (tertiary/aromatic N) is 4. The van der Waals surface area contributed by atoms with Gasteiger partial charge in [-0.25, -0.2) is 4.68 Å². The summed E-state index contributed by atoms with van der Waals surface area (Å²) in [5.41, 5.74) is 3.21. The monoisotopic (exact) mass is 334 g/mol. The molecule has 3 rings (SSSR count). The number of rotatable bonds is 6. The summed E-state index contributed by atoms with van der Waals surface area (Å²) in [6, 6.07) is 16.0. The van der Waals surface area contributed by atoms with Crippen LogP contribution in [0.15, 0.2) is 72.1 Å². The number of benzene rings is 1. The lowest BCUT2D eigenvalue weighted by Crippen LogP contribution is -2.37. The lowest BCUT2D eigenvalue weighted by molar-refractivity contribution is 0.784. The first-order chi connectivity index (χ1) is 12.3. The Balaban J connectivity index is 1.47. The van der Waals surface area contributed by atoms with E-state index in [1.54, 1.807) is 7.05 Å². The highest BCUT2D eigenvalue weighted by Gasteiger charge is 2.03. The van der Waals surface area contributed by atoms with Crippen molar-refractivity contribution in [1.82, 2.24) is 25.4 Å². The minimum absolute atomic E-state index is 0.663. The summed E-state index contributed by atoms with van der Waals surface area (Å²) in [4.78, 5) is 8.56. The Hall–Kier alpha value is -3.15. The molecule has 0 aliphatic heterocycles. The normalized spacial score (nSPS) is 11.3. The highest BCUT2D eigenvalue weighted by atomic mass is 15.3. The van der Waals surface area contributed by atoms with E-state index in [2.05, 4.69) is 25.7 Å². The van der Waals surface area contributed by atoms with Crippen LogP contribution in [-0.4, -0.2) is 34.3 Å². The van der Waals surface area contributed by atoms with Crippen LogP contribution in [0.1, 0.15) is 11.3 Å². The number of para-hydroxylation sites is 1. The SMILES string of the molecule is CN=C(NCCc1ccccn1)NCc1cnn(-c2ccccc2)c1. The Morgan fingerprint density at radius 1 is 1.08 bits per heavy atom. The van der Waals surface area contributed by atoms with Crippen molar-refractivity contribution in [1.29, 1.82) is 0 Å². The standard InChI is InChI=1S/C19H22N6/c1-20-19(22-12-10-17-7-5-6-11-21-17)23-13-16-14-24-25(15-16)18-8-3-2-4-9-18/h2-9,11,14-15H,10,12-13H2,1H3,(H2,20,22,23). The maximum absolute atomic E-state index is 4.40. The molecule has 25 heavy (non-hydrogen) atoms. The molecule has 1 aromatic carbocycles. The van der Waals surface area contributed by atoms with Crippen molar-refractivity contribution in [3.05, 3.63) is 78.4 Å². The maximum Gasteiger partial charge on any atom is 0.191 e. The van der Waals surface area contributed by atoms with Gasteiger partial charge in [0.05, 0.1) is 11.9 Å². The smallest absolute Gasteiger partial charge is 0.191 e. The zero-order valence-corrected chi connectivity index (χ0v) is 14.3. The highest BCUT2D eigenvalue weighted by molar-refractivity contribution is 5.79. The second-order valence-corrected chi connectivity index (χ2v) is 5.55. The molecule has 2 heterocycles. The fourth-order valence-corrected chi connectivity index (χ4v) is 2.43. The summed E-state index contributed by atoms with van der Waals surface area (Å²) in [7, 11) is 1.77. The summed E-state index contributed by atoms with van der Waals surface area (Å²) >= 11 is 0. The van der Waals surface area contributed by atoms with Crippen LogP contribution in [0.25, 0.3) is 5.69 Å². The number of guanidine groups is 1. The molecule has 0 fully saturated rings. The first-order valence-corrected chi connectivity index (χ1v) is 8.28. The van der Waals surface area contributed by atoms with Crippen LogP contribution in [0, 0.1) is 0 Å². The average Bonchev–Trinajstić information content (AvgIpc) is 3.15. The van der Waals surface area contributed by atoms with Gasteiger partial charge in [0.25, 0.3) is 0 Å². The molecule has 0 saturated carbocycles. The first kappa shape index (κ1) is 16.7. The van der Waals surface area contributed by atoms with Gasteiger partial charge in [-0.15, -0.1) is 0 Å². The van der Waals surface area contributed by atoms with Gasteiger partial charge >= 0.3 is 0 Å². The molecule has 0 atom stereocenters. The lowest BCUT2D eigenvalue weighted by atomic mass is 10.3. The van der Waals surface area contributed by atoms with Crippen molar-refractivity contribution in [2.45, 2.75) is 13.0 Å². The van der Waals surface area contributed by atoms with Gasteiger partial charge < -0.3 is 10.6 Å². The second-order valence-electron chi connectivity index (χ2n) is 5.55. The molecule has 2 aromatic heterocycles. The molecule has 2 N–H and O–H groups in total. The molecule has 0 aliphatic carbocycles. The van der Waals surface area contributed by atoms with Crippen LogP contribution in [0.4, 0.5) is 0 Å². The Morgan fingerprint density at radius 3 is 2.68 bits per heavy atom. The van der Waals surface area contributed by atoms with Gasteiger partial charge in [-0.1, -0.05) is 24.3 Å². The molecule has 3 aromatic rings. The van der Waals surface area contributed by atoms with Crippen molar-refractivity contribution < 1.29 is 0 Å². The summed E-state index contributed by atoms with van der Waals surface area (Å²) in [6.45, 7) is 1.44. The Morgan fingerprint density at radius 2 is 1.92 bits per heavy atom. The average molecular weight is 334 g/mol. The largest absolute Gasteiger partial charge is 0.356 e. The number of hydrogen-bond acceptors (Lipinski definition) is 3. The first-order valence-electron chi connectivity index (χ1n) is 8.28. The fraction of sp³-hybridized carbons (Fsp3) is 0.211. The van der Waals surface area contributed by atoms with Gasteiger partial charge in [0.2, 0.25) is 0 Å². The zero-order valence-electron chi connectivity index (χ0n) is 14.3. The lowest BCUT2D eigenvalue weighted by Gasteiger charge is -2.10. The molecular formula is C19H22N6. The van der Waals surface area contributed by atoms with E-state index in [1.807, 2.05) is 71.8 Å². The Labute approximate surface area is 147 Å². The van der Waals surface area contributed by atoms with Crippen LogP contribution in [0.5, 0.6) is 0 Å². The van der Waals surface area contributed by atoms with E-state index in [1.165, 1.54) is 0 Å². The van der Waals surface area contributed by atoms with Crippen molar-refractivity contribution in [3.8, 4) is 5.69 Å². The van der Waals surface area contributed by atoms with Gasteiger partial charge in [0.15, 0.2) is 5.96 Å². The number of pyridine rings is 1. The molecule has 6 nitrogen and oxygen atoms in total. The van der Waals surface area contributed by atoms with Crippen molar-refractivity contribution >= 4 is 5.96 Å². The third-order valence-electron chi connectivity index (χ3n) is 3.74.